The normalized spacial score (nSPS) is 14.2. The fourth-order valence-corrected chi connectivity index (χ4v) is 4.36. The van der Waals surface area contributed by atoms with Crippen LogP contribution >= 0.6 is 0 Å². The third kappa shape index (κ3) is 5.22. The summed E-state index contributed by atoms with van der Waals surface area (Å²) in [5, 5.41) is 3.56. The molecule has 1 aromatic heterocycles. The Hall–Kier alpha value is -3.65. The van der Waals surface area contributed by atoms with Crippen molar-refractivity contribution in [3.63, 3.8) is 0 Å². The topological polar surface area (TPSA) is 90.0 Å². The molecule has 0 saturated carbocycles. The van der Waals surface area contributed by atoms with Crippen LogP contribution in [0.3, 0.4) is 0 Å². The van der Waals surface area contributed by atoms with Crippen LogP contribution in [-0.2, 0) is 22.5 Å². The van der Waals surface area contributed by atoms with Crippen LogP contribution in [0, 0.1) is 0 Å². The van der Waals surface area contributed by atoms with Crippen molar-refractivity contribution in [3.8, 4) is 11.5 Å². The Morgan fingerprint density at radius 2 is 1.80 bits per heavy atom. The maximum atomic E-state index is 13.6. The van der Waals surface area contributed by atoms with Gasteiger partial charge in [-0.15, -0.1) is 0 Å². The van der Waals surface area contributed by atoms with Crippen molar-refractivity contribution in [2.24, 2.45) is 0 Å². The summed E-state index contributed by atoms with van der Waals surface area (Å²) >= 11 is 0. The minimum atomic E-state index is -0.965. The van der Waals surface area contributed by atoms with E-state index in [0.717, 1.165) is 41.7 Å². The van der Waals surface area contributed by atoms with E-state index in [9.17, 15) is 9.59 Å². The molecule has 1 amide bonds. The third-order valence-electron chi connectivity index (χ3n) is 6.31. The van der Waals surface area contributed by atoms with Gasteiger partial charge in [0.25, 0.3) is 5.91 Å². The zero-order valence-electron chi connectivity index (χ0n) is 20.6. The van der Waals surface area contributed by atoms with E-state index in [-0.39, 0.29) is 0 Å². The van der Waals surface area contributed by atoms with Crippen LogP contribution in [-0.4, -0.2) is 55.2 Å². The van der Waals surface area contributed by atoms with E-state index in [1.807, 2.05) is 31.2 Å². The minimum Gasteiger partial charge on any atom is -0.497 e. The van der Waals surface area contributed by atoms with Crippen LogP contribution < -0.4 is 14.8 Å². The summed E-state index contributed by atoms with van der Waals surface area (Å²) in [6.07, 6.45) is 0.127. The maximum absolute atomic E-state index is 13.6. The number of pyridine rings is 1. The van der Waals surface area contributed by atoms with E-state index in [0.29, 0.717) is 35.7 Å². The van der Waals surface area contributed by atoms with Crippen molar-refractivity contribution >= 4 is 28.5 Å². The number of carbonyl (C=O) groups is 2. The molecule has 0 saturated heterocycles. The summed E-state index contributed by atoms with van der Waals surface area (Å²) in [4.78, 5) is 33.7. The highest BCUT2D eigenvalue weighted by molar-refractivity contribution is 6.06. The minimum absolute atomic E-state index is 0.324. The van der Waals surface area contributed by atoms with Crippen molar-refractivity contribution in [2.45, 2.75) is 39.3 Å². The van der Waals surface area contributed by atoms with Crippen LogP contribution in [0.4, 0.5) is 5.69 Å². The smallest absolute Gasteiger partial charge is 0.340 e. The number of rotatable bonds is 8. The van der Waals surface area contributed by atoms with Crippen LogP contribution in [0.5, 0.6) is 11.5 Å². The number of amides is 1. The molecule has 0 radical (unpaired) electrons. The fraction of sp³-hybridized carbons (Fsp3) is 0.370. The molecule has 35 heavy (non-hydrogen) atoms. The van der Waals surface area contributed by atoms with Gasteiger partial charge in [-0.1, -0.05) is 32.0 Å². The first-order chi connectivity index (χ1) is 17.0. The van der Waals surface area contributed by atoms with Gasteiger partial charge in [-0.2, -0.15) is 0 Å². The zero-order valence-corrected chi connectivity index (χ0v) is 20.6. The maximum Gasteiger partial charge on any atom is 0.340 e. The Balaban J connectivity index is 1.62. The molecule has 4 rings (SSSR count). The molecule has 8 heteroatoms. The average Bonchev–Trinajstić information content (AvgIpc) is 2.89. The second kappa shape index (κ2) is 10.7. The molecular weight excluding hydrogens is 446 g/mol. The molecule has 1 unspecified atom stereocenters. The van der Waals surface area contributed by atoms with E-state index in [1.165, 1.54) is 14.2 Å². The van der Waals surface area contributed by atoms with Gasteiger partial charge >= 0.3 is 5.97 Å². The highest BCUT2D eigenvalue weighted by Gasteiger charge is 2.29. The van der Waals surface area contributed by atoms with Crippen molar-refractivity contribution in [1.29, 1.82) is 0 Å². The predicted molar refractivity (Wildman–Crippen MR) is 134 cm³/mol. The van der Waals surface area contributed by atoms with E-state index >= 15 is 0 Å². The second-order valence-corrected chi connectivity index (χ2v) is 8.44. The van der Waals surface area contributed by atoms with Crippen molar-refractivity contribution in [1.82, 2.24) is 9.88 Å². The van der Waals surface area contributed by atoms with Gasteiger partial charge < -0.3 is 19.5 Å². The Labute approximate surface area is 205 Å². The molecular formula is C27H31N3O5. The first kappa shape index (κ1) is 24.5. The summed E-state index contributed by atoms with van der Waals surface area (Å²) < 4.78 is 16.4. The van der Waals surface area contributed by atoms with Crippen LogP contribution in [0.15, 0.2) is 42.5 Å². The molecule has 2 aromatic carbocycles. The Morgan fingerprint density at radius 3 is 2.46 bits per heavy atom. The molecule has 1 aliphatic rings. The summed E-state index contributed by atoms with van der Waals surface area (Å²) in [6.45, 7) is 6.31. The molecule has 1 atom stereocenters. The molecule has 184 valence electrons. The summed E-state index contributed by atoms with van der Waals surface area (Å²) in [6, 6.07) is 12.6. The van der Waals surface area contributed by atoms with E-state index in [1.54, 1.807) is 18.2 Å². The molecule has 0 fully saturated rings. The SMILES string of the molecule is CCC(OC(=O)c1c2c(nc3ccccc13)CCN(CC)C2)C(=O)Nc1cc(OC)cc(OC)c1. The van der Waals surface area contributed by atoms with Crippen LogP contribution in [0.25, 0.3) is 10.9 Å². The Bertz CT molecular complexity index is 1220. The largest absolute Gasteiger partial charge is 0.497 e. The van der Waals surface area contributed by atoms with Crippen molar-refractivity contribution in [2.75, 3.05) is 32.6 Å². The number of nitrogens with zero attached hydrogens (tertiary/aromatic N) is 2. The number of para-hydroxylation sites is 1. The van der Waals surface area contributed by atoms with Crippen LogP contribution in [0.1, 0.15) is 41.9 Å². The third-order valence-corrected chi connectivity index (χ3v) is 6.31. The van der Waals surface area contributed by atoms with Gasteiger partial charge in [0.05, 0.1) is 25.3 Å². The fourth-order valence-electron chi connectivity index (χ4n) is 4.36. The van der Waals surface area contributed by atoms with Crippen LogP contribution in [0.2, 0.25) is 0 Å². The average molecular weight is 478 g/mol. The number of anilines is 1. The first-order valence-corrected chi connectivity index (χ1v) is 11.8. The lowest BCUT2D eigenvalue weighted by molar-refractivity contribution is -0.124. The number of aromatic nitrogens is 1. The highest BCUT2D eigenvalue weighted by Crippen LogP contribution is 2.30. The summed E-state index contributed by atoms with van der Waals surface area (Å²) in [5.41, 5.74) is 3.55. The lowest BCUT2D eigenvalue weighted by Crippen LogP contribution is -2.35. The number of esters is 1. The van der Waals surface area contributed by atoms with Gasteiger partial charge in [0, 0.05) is 60.0 Å². The van der Waals surface area contributed by atoms with Gasteiger partial charge in [-0.05, 0) is 19.0 Å². The molecule has 0 bridgehead atoms. The number of ether oxygens (including phenoxy) is 3. The molecule has 8 nitrogen and oxygen atoms in total. The molecule has 2 heterocycles. The van der Waals surface area contributed by atoms with E-state index < -0.39 is 18.0 Å². The molecule has 0 aliphatic carbocycles. The number of carbonyl (C=O) groups excluding carboxylic acids is 2. The number of fused-ring (bicyclic) bond motifs is 2. The zero-order chi connectivity index (χ0) is 24.9. The van der Waals surface area contributed by atoms with Gasteiger partial charge in [0.15, 0.2) is 6.10 Å². The Kier molecular flexibility index (Phi) is 7.51. The number of nitrogens with one attached hydrogen (secondary N) is 1. The van der Waals surface area contributed by atoms with Crippen molar-refractivity contribution < 1.29 is 23.8 Å². The number of benzene rings is 2. The summed E-state index contributed by atoms with van der Waals surface area (Å²) in [7, 11) is 3.08. The molecule has 3 aromatic rings. The monoisotopic (exact) mass is 477 g/mol. The molecule has 0 spiro atoms. The lowest BCUT2D eigenvalue weighted by atomic mass is 9.95. The number of hydrogen-bond acceptors (Lipinski definition) is 7. The van der Waals surface area contributed by atoms with E-state index in [2.05, 4.69) is 17.1 Å². The van der Waals surface area contributed by atoms with Crippen molar-refractivity contribution in [3.05, 3.63) is 59.3 Å². The Morgan fingerprint density at radius 1 is 1.09 bits per heavy atom. The van der Waals surface area contributed by atoms with Gasteiger partial charge in [-0.3, -0.25) is 14.7 Å². The highest BCUT2D eigenvalue weighted by atomic mass is 16.5. The van der Waals surface area contributed by atoms with Gasteiger partial charge in [-0.25, -0.2) is 4.79 Å². The molecule has 1 aliphatic heterocycles. The number of methoxy groups -OCH3 is 2. The second-order valence-electron chi connectivity index (χ2n) is 8.44. The number of hydrogen-bond donors (Lipinski definition) is 1. The van der Waals surface area contributed by atoms with Gasteiger partial charge in [0.1, 0.15) is 11.5 Å². The quantitative estimate of drug-likeness (QED) is 0.486. The standard InChI is InChI=1S/C27H31N3O5/c1-5-24(26(31)28-17-13-18(33-3)15-19(14-17)34-4)35-27(32)25-20-9-7-8-10-22(20)29-23-11-12-30(6-2)16-21(23)25/h7-10,13-15,24H,5-6,11-12,16H2,1-4H3,(H,28,31). The number of likely N-dealkylation sites (N-methyl/N-ethyl adjacent to an activating group) is 1. The lowest BCUT2D eigenvalue weighted by Gasteiger charge is -2.29. The first-order valence-electron chi connectivity index (χ1n) is 11.8. The molecule has 1 N–H and O–H groups in total. The summed E-state index contributed by atoms with van der Waals surface area (Å²) in [5.74, 6) is 0.154. The predicted octanol–water partition coefficient (Wildman–Crippen LogP) is 4.20. The van der Waals surface area contributed by atoms with E-state index in [4.69, 9.17) is 19.2 Å². The van der Waals surface area contributed by atoms with Gasteiger partial charge in [0.2, 0.25) is 0 Å².